The van der Waals surface area contributed by atoms with Gasteiger partial charge < -0.3 is 10.6 Å². The predicted octanol–water partition coefficient (Wildman–Crippen LogP) is 2.69. The summed E-state index contributed by atoms with van der Waals surface area (Å²) < 4.78 is 27.7. The Kier molecular flexibility index (Phi) is 7.39. The molecule has 8 heteroatoms. The van der Waals surface area contributed by atoms with E-state index in [0.717, 1.165) is 5.56 Å². The number of hydrogen-bond acceptors (Lipinski definition) is 4. The molecule has 0 aliphatic carbocycles. The molecule has 2 amide bonds. The number of sulfonamides is 1. The highest BCUT2D eigenvalue weighted by Crippen LogP contribution is 2.19. The van der Waals surface area contributed by atoms with Crippen LogP contribution in [0.2, 0.25) is 0 Å². The SMILES string of the molecule is CNC(=O)C(CC(C)C)NC(=O)c1ccc(S(=O)(=O)Nc2ccccc2C)cc1. The summed E-state index contributed by atoms with van der Waals surface area (Å²) in [6.45, 7) is 5.73. The maximum atomic E-state index is 12.6. The van der Waals surface area contributed by atoms with Crippen LogP contribution in [0, 0.1) is 12.8 Å². The van der Waals surface area contributed by atoms with Gasteiger partial charge in [-0.25, -0.2) is 8.42 Å². The monoisotopic (exact) mass is 417 g/mol. The summed E-state index contributed by atoms with van der Waals surface area (Å²) in [4.78, 5) is 24.5. The van der Waals surface area contributed by atoms with E-state index in [1.54, 1.807) is 12.1 Å². The van der Waals surface area contributed by atoms with Crippen molar-refractivity contribution in [2.24, 2.45) is 5.92 Å². The number of hydrogen-bond donors (Lipinski definition) is 3. The number of carbonyl (C=O) groups is 2. The highest BCUT2D eigenvalue weighted by Gasteiger charge is 2.22. The van der Waals surface area contributed by atoms with E-state index in [-0.39, 0.29) is 22.3 Å². The van der Waals surface area contributed by atoms with Crippen LogP contribution in [-0.4, -0.2) is 33.3 Å². The largest absolute Gasteiger partial charge is 0.357 e. The van der Waals surface area contributed by atoms with Crippen molar-refractivity contribution >= 4 is 27.5 Å². The van der Waals surface area contributed by atoms with Crippen molar-refractivity contribution in [1.82, 2.24) is 10.6 Å². The Morgan fingerprint density at radius 3 is 2.17 bits per heavy atom. The molecule has 0 fully saturated rings. The Balaban J connectivity index is 2.15. The zero-order valence-corrected chi connectivity index (χ0v) is 17.8. The van der Waals surface area contributed by atoms with Gasteiger partial charge in [-0.05, 0) is 55.2 Å². The second-order valence-electron chi connectivity index (χ2n) is 7.21. The molecule has 0 bridgehead atoms. The second kappa shape index (κ2) is 9.56. The molecule has 2 aromatic rings. The van der Waals surface area contributed by atoms with E-state index in [1.165, 1.54) is 31.3 Å². The van der Waals surface area contributed by atoms with Crippen LogP contribution < -0.4 is 15.4 Å². The highest BCUT2D eigenvalue weighted by atomic mass is 32.2. The number of benzene rings is 2. The molecule has 0 aromatic heterocycles. The number of carbonyl (C=O) groups excluding carboxylic acids is 2. The fraction of sp³-hybridized carbons (Fsp3) is 0.333. The Morgan fingerprint density at radius 2 is 1.62 bits per heavy atom. The summed E-state index contributed by atoms with van der Waals surface area (Å²) in [5.74, 6) is -0.485. The number of likely N-dealkylation sites (N-methyl/N-ethyl adjacent to an activating group) is 1. The highest BCUT2D eigenvalue weighted by molar-refractivity contribution is 7.92. The fourth-order valence-corrected chi connectivity index (χ4v) is 3.93. The van der Waals surface area contributed by atoms with Gasteiger partial charge in [0.25, 0.3) is 15.9 Å². The minimum Gasteiger partial charge on any atom is -0.357 e. The first-order valence-corrected chi connectivity index (χ1v) is 10.8. The summed E-state index contributed by atoms with van der Waals surface area (Å²) in [5, 5.41) is 5.25. The molecule has 2 aromatic carbocycles. The predicted molar refractivity (Wildman–Crippen MR) is 113 cm³/mol. The van der Waals surface area contributed by atoms with Crippen LogP contribution >= 0.6 is 0 Å². The summed E-state index contributed by atoms with van der Waals surface area (Å²) in [6.07, 6.45) is 0.498. The molecule has 2 rings (SSSR count). The van der Waals surface area contributed by atoms with E-state index < -0.39 is 22.0 Å². The van der Waals surface area contributed by atoms with Crippen LogP contribution in [0.1, 0.15) is 36.2 Å². The molecule has 0 radical (unpaired) electrons. The molecule has 0 saturated carbocycles. The number of nitrogens with one attached hydrogen (secondary N) is 3. The van der Waals surface area contributed by atoms with Crippen LogP contribution in [0.25, 0.3) is 0 Å². The standard InChI is InChI=1S/C21H27N3O4S/c1-14(2)13-19(21(26)22-4)23-20(25)16-9-11-17(12-10-16)29(27,28)24-18-8-6-5-7-15(18)3/h5-12,14,19,24H,13H2,1-4H3,(H,22,26)(H,23,25). The molecule has 156 valence electrons. The van der Waals surface area contributed by atoms with E-state index >= 15 is 0 Å². The molecular weight excluding hydrogens is 390 g/mol. The van der Waals surface area contributed by atoms with Crippen molar-refractivity contribution in [3.8, 4) is 0 Å². The van der Waals surface area contributed by atoms with Crippen LogP contribution in [0.4, 0.5) is 5.69 Å². The number of para-hydroxylation sites is 1. The average Bonchev–Trinajstić information content (AvgIpc) is 2.68. The molecule has 0 heterocycles. The van der Waals surface area contributed by atoms with Crippen LogP contribution in [0.5, 0.6) is 0 Å². The lowest BCUT2D eigenvalue weighted by Crippen LogP contribution is -2.46. The van der Waals surface area contributed by atoms with Gasteiger partial charge in [0.05, 0.1) is 10.6 Å². The third-order valence-corrected chi connectivity index (χ3v) is 5.77. The third kappa shape index (κ3) is 6.05. The number of aryl methyl sites for hydroxylation is 1. The lowest BCUT2D eigenvalue weighted by atomic mass is 10.0. The first-order valence-electron chi connectivity index (χ1n) is 9.35. The molecule has 0 saturated heterocycles. The Bertz CT molecular complexity index is 970. The van der Waals surface area contributed by atoms with E-state index in [4.69, 9.17) is 0 Å². The van der Waals surface area contributed by atoms with Crippen molar-refractivity contribution in [2.75, 3.05) is 11.8 Å². The van der Waals surface area contributed by atoms with Crippen molar-refractivity contribution in [1.29, 1.82) is 0 Å². The number of rotatable bonds is 8. The van der Waals surface area contributed by atoms with Gasteiger partial charge in [0, 0.05) is 12.6 Å². The van der Waals surface area contributed by atoms with E-state index in [0.29, 0.717) is 12.1 Å². The molecule has 3 N–H and O–H groups in total. The van der Waals surface area contributed by atoms with Gasteiger partial charge in [-0.3, -0.25) is 14.3 Å². The molecule has 0 aliphatic rings. The van der Waals surface area contributed by atoms with Gasteiger partial charge in [-0.1, -0.05) is 32.0 Å². The average molecular weight is 418 g/mol. The molecule has 29 heavy (non-hydrogen) atoms. The van der Waals surface area contributed by atoms with Gasteiger partial charge in [-0.15, -0.1) is 0 Å². The van der Waals surface area contributed by atoms with Crippen molar-refractivity contribution in [3.05, 3.63) is 59.7 Å². The lowest BCUT2D eigenvalue weighted by molar-refractivity contribution is -0.122. The molecule has 7 nitrogen and oxygen atoms in total. The van der Waals surface area contributed by atoms with E-state index in [2.05, 4.69) is 15.4 Å². The summed E-state index contributed by atoms with van der Waals surface area (Å²) >= 11 is 0. The number of amides is 2. The minimum atomic E-state index is -3.78. The normalized spacial score (nSPS) is 12.3. The Hall–Kier alpha value is -2.87. The van der Waals surface area contributed by atoms with Crippen molar-refractivity contribution in [3.63, 3.8) is 0 Å². The zero-order chi connectivity index (χ0) is 21.6. The molecule has 1 atom stereocenters. The quantitative estimate of drug-likeness (QED) is 0.614. The van der Waals surface area contributed by atoms with Gasteiger partial charge in [0.2, 0.25) is 5.91 Å². The third-order valence-electron chi connectivity index (χ3n) is 4.39. The minimum absolute atomic E-state index is 0.0438. The first kappa shape index (κ1) is 22.4. The zero-order valence-electron chi connectivity index (χ0n) is 17.0. The van der Waals surface area contributed by atoms with Crippen molar-refractivity contribution in [2.45, 2.75) is 38.1 Å². The van der Waals surface area contributed by atoms with E-state index in [9.17, 15) is 18.0 Å². The second-order valence-corrected chi connectivity index (χ2v) is 8.90. The van der Waals surface area contributed by atoms with Crippen LogP contribution in [0.3, 0.4) is 0 Å². The van der Waals surface area contributed by atoms with E-state index in [1.807, 2.05) is 32.9 Å². The molecular formula is C21H27N3O4S. The molecule has 1 unspecified atom stereocenters. The Morgan fingerprint density at radius 1 is 1.00 bits per heavy atom. The topological polar surface area (TPSA) is 104 Å². The maximum Gasteiger partial charge on any atom is 0.261 e. The van der Waals surface area contributed by atoms with Crippen LogP contribution in [-0.2, 0) is 14.8 Å². The fourth-order valence-electron chi connectivity index (χ4n) is 2.80. The van der Waals surface area contributed by atoms with Crippen molar-refractivity contribution < 1.29 is 18.0 Å². The van der Waals surface area contributed by atoms with Gasteiger partial charge >= 0.3 is 0 Å². The summed E-state index contributed by atoms with van der Waals surface area (Å²) in [5.41, 5.74) is 1.58. The maximum absolute atomic E-state index is 12.6. The molecule has 0 spiro atoms. The van der Waals surface area contributed by atoms with Gasteiger partial charge in [0.15, 0.2) is 0 Å². The number of anilines is 1. The van der Waals surface area contributed by atoms with Gasteiger partial charge in [-0.2, -0.15) is 0 Å². The Labute approximate surface area is 172 Å². The lowest BCUT2D eigenvalue weighted by Gasteiger charge is -2.19. The van der Waals surface area contributed by atoms with Crippen LogP contribution in [0.15, 0.2) is 53.4 Å². The first-order chi connectivity index (χ1) is 13.6. The summed E-state index contributed by atoms with van der Waals surface area (Å²) in [6, 6.07) is 12.0. The van der Waals surface area contributed by atoms with Gasteiger partial charge in [0.1, 0.15) is 6.04 Å². The molecule has 0 aliphatic heterocycles. The smallest absolute Gasteiger partial charge is 0.261 e. The summed E-state index contributed by atoms with van der Waals surface area (Å²) in [7, 11) is -2.26.